The van der Waals surface area contributed by atoms with E-state index in [-0.39, 0.29) is 5.91 Å². The molecule has 142 valence electrons. The second-order valence-corrected chi connectivity index (χ2v) is 8.01. The Morgan fingerprint density at radius 3 is 2.74 bits per heavy atom. The number of halogens is 1. The van der Waals surface area contributed by atoms with Gasteiger partial charge in [0.05, 0.1) is 11.0 Å². The molecule has 3 aromatic rings. The summed E-state index contributed by atoms with van der Waals surface area (Å²) in [5.74, 6) is 0.825. The number of hydrogen-bond acceptors (Lipinski definition) is 2. The van der Waals surface area contributed by atoms with Gasteiger partial charge in [0.2, 0.25) is 0 Å². The summed E-state index contributed by atoms with van der Waals surface area (Å²) < 4.78 is 2.96. The molecule has 0 aliphatic carbocycles. The second-order valence-electron chi connectivity index (χ2n) is 7.10. The van der Waals surface area contributed by atoms with Crippen LogP contribution in [0.4, 0.5) is 0 Å². The van der Waals surface area contributed by atoms with Crippen LogP contribution in [0, 0.1) is 5.92 Å². The van der Waals surface area contributed by atoms with Crippen LogP contribution in [0.1, 0.15) is 49.3 Å². The van der Waals surface area contributed by atoms with Crippen molar-refractivity contribution < 1.29 is 4.79 Å². The fourth-order valence-corrected chi connectivity index (χ4v) is 3.55. The van der Waals surface area contributed by atoms with Crippen molar-refractivity contribution in [1.82, 2.24) is 14.9 Å². The molecule has 4 nitrogen and oxygen atoms in total. The Labute approximate surface area is 169 Å². The Morgan fingerprint density at radius 1 is 1.22 bits per heavy atom. The summed E-state index contributed by atoms with van der Waals surface area (Å²) in [6.07, 6.45) is 3.50. The van der Waals surface area contributed by atoms with Gasteiger partial charge in [-0.15, -0.1) is 0 Å². The third-order valence-corrected chi connectivity index (χ3v) is 5.25. The Morgan fingerprint density at radius 2 is 2.00 bits per heavy atom. The summed E-state index contributed by atoms with van der Waals surface area (Å²) in [4.78, 5) is 17.5. The van der Waals surface area contributed by atoms with Gasteiger partial charge in [-0.3, -0.25) is 4.79 Å². The molecule has 0 saturated carbocycles. The highest BCUT2D eigenvalue weighted by atomic mass is 79.9. The lowest BCUT2D eigenvalue weighted by Gasteiger charge is -2.13. The van der Waals surface area contributed by atoms with Gasteiger partial charge in [-0.25, -0.2) is 4.98 Å². The van der Waals surface area contributed by atoms with Gasteiger partial charge in [-0.1, -0.05) is 73.0 Å². The maximum absolute atomic E-state index is 12.9. The molecule has 0 fully saturated rings. The van der Waals surface area contributed by atoms with Crippen LogP contribution in [0.15, 0.2) is 53.0 Å². The van der Waals surface area contributed by atoms with Crippen LogP contribution in [0.25, 0.3) is 11.0 Å². The normalized spacial score (nSPS) is 12.3. The van der Waals surface area contributed by atoms with Gasteiger partial charge in [0.25, 0.3) is 5.91 Å². The van der Waals surface area contributed by atoms with E-state index in [1.54, 1.807) is 0 Å². The Hall–Kier alpha value is -2.14. The first-order valence-corrected chi connectivity index (χ1v) is 10.4. The van der Waals surface area contributed by atoms with Gasteiger partial charge in [-0.2, -0.15) is 0 Å². The lowest BCUT2D eigenvalue weighted by molar-refractivity contribution is 0.0933. The molecule has 5 heteroatoms. The van der Waals surface area contributed by atoms with Crippen molar-refractivity contribution in [2.24, 2.45) is 5.92 Å². The number of imidazole rings is 1. The average Bonchev–Trinajstić information content (AvgIpc) is 3.02. The number of carbonyl (C=O) groups excluding carboxylic acids is 1. The van der Waals surface area contributed by atoms with E-state index >= 15 is 0 Å². The van der Waals surface area contributed by atoms with E-state index in [9.17, 15) is 4.79 Å². The molecule has 1 atom stereocenters. The van der Waals surface area contributed by atoms with E-state index in [0.717, 1.165) is 27.5 Å². The number of fused-ring (bicyclic) bond motifs is 1. The van der Waals surface area contributed by atoms with Crippen molar-refractivity contribution >= 4 is 32.9 Å². The number of amides is 1. The number of nitrogens with one attached hydrogen (secondary N) is 1. The summed E-state index contributed by atoms with van der Waals surface area (Å²) in [6, 6.07) is 16.1. The molecule has 2 aromatic carbocycles. The number of nitrogens with zero attached hydrogens (tertiary/aromatic N) is 2. The first kappa shape index (κ1) is 19.6. The minimum Gasteiger partial charge on any atom is -0.349 e. The predicted molar refractivity (Wildman–Crippen MR) is 114 cm³/mol. The number of unbranched alkanes of at least 4 members (excludes halogenated alkanes) is 1. The molecular weight excluding hydrogens is 402 g/mol. The van der Waals surface area contributed by atoms with E-state index in [4.69, 9.17) is 0 Å². The van der Waals surface area contributed by atoms with Crippen molar-refractivity contribution in [3.8, 4) is 0 Å². The highest BCUT2D eigenvalue weighted by Gasteiger charge is 2.18. The Balaban J connectivity index is 1.86. The van der Waals surface area contributed by atoms with Crippen molar-refractivity contribution in [2.75, 3.05) is 6.54 Å². The number of benzene rings is 2. The molecule has 3 rings (SSSR count). The molecule has 0 aliphatic rings. The number of carbonyl (C=O) groups is 1. The maximum Gasteiger partial charge on any atom is 0.287 e. The van der Waals surface area contributed by atoms with Crippen LogP contribution >= 0.6 is 15.9 Å². The van der Waals surface area contributed by atoms with E-state index < -0.39 is 0 Å². The monoisotopic (exact) mass is 427 g/mol. The third kappa shape index (κ3) is 4.98. The van der Waals surface area contributed by atoms with Gasteiger partial charge < -0.3 is 9.88 Å². The zero-order valence-electron chi connectivity index (χ0n) is 15.9. The van der Waals surface area contributed by atoms with Crippen molar-refractivity contribution in [2.45, 2.75) is 39.7 Å². The molecule has 0 radical (unpaired) electrons. The summed E-state index contributed by atoms with van der Waals surface area (Å²) in [6.45, 7) is 5.67. The van der Waals surface area contributed by atoms with Crippen molar-refractivity contribution in [1.29, 1.82) is 0 Å². The van der Waals surface area contributed by atoms with Gasteiger partial charge in [0.1, 0.15) is 0 Å². The second kappa shape index (κ2) is 9.18. The molecule has 1 heterocycles. The molecule has 0 bridgehead atoms. The number of aromatic nitrogens is 2. The lowest BCUT2D eigenvalue weighted by Crippen LogP contribution is -2.30. The van der Waals surface area contributed by atoms with E-state index in [0.29, 0.717) is 24.8 Å². The van der Waals surface area contributed by atoms with Crippen LogP contribution < -0.4 is 5.32 Å². The summed E-state index contributed by atoms with van der Waals surface area (Å²) in [5, 5.41) is 3.08. The number of rotatable bonds is 8. The quantitative estimate of drug-likeness (QED) is 0.522. The minimum absolute atomic E-state index is 0.110. The Kier molecular flexibility index (Phi) is 6.67. The van der Waals surface area contributed by atoms with Gasteiger partial charge in [-0.05, 0) is 36.1 Å². The van der Waals surface area contributed by atoms with Crippen LogP contribution in [0.5, 0.6) is 0 Å². The van der Waals surface area contributed by atoms with Crippen molar-refractivity contribution in [3.63, 3.8) is 0 Å². The molecule has 27 heavy (non-hydrogen) atoms. The van der Waals surface area contributed by atoms with Gasteiger partial charge >= 0.3 is 0 Å². The fourth-order valence-electron chi connectivity index (χ4n) is 3.20. The maximum atomic E-state index is 12.9. The van der Waals surface area contributed by atoms with E-state index in [2.05, 4.69) is 52.2 Å². The Bertz CT molecular complexity index is 905. The van der Waals surface area contributed by atoms with Crippen LogP contribution in [-0.2, 0) is 6.54 Å². The highest BCUT2D eigenvalue weighted by Crippen LogP contribution is 2.22. The van der Waals surface area contributed by atoms with Crippen LogP contribution in [0.2, 0.25) is 0 Å². The summed E-state index contributed by atoms with van der Waals surface area (Å²) in [7, 11) is 0. The fraction of sp³-hybridized carbons (Fsp3) is 0.364. The molecule has 1 amide bonds. The first-order chi connectivity index (χ1) is 13.1. The number of hydrogen-bond donors (Lipinski definition) is 1. The molecule has 0 spiro atoms. The topological polar surface area (TPSA) is 46.9 Å². The zero-order valence-corrected chi connectivity index (χ0v) is 17.5. The zero-order chi connectivity index (χ0) is 19.2. The predicted octanol–water partition coefficient (Wildman–Crippen LogP) is 5.40. The summed E-state index contributed by atoms with van der Waals surface area (Å²) in [5.41, 5.74) is 2.93. The lowest BCUT2D eigenvalue weighted by atomic mass is 10.0. The van der Waals surface area contributed by atoms with Gasteiger partial charge in [0.15, 0.2) is 5.82 Å². The van der Waals surface area contributed by atoms with Crippen LogP contribution in [0.3, 0.4) is 0 Å². The third-order valence-electron chi connectivity index (χ3n) is 4.76. The largest absolute Gasteiger partial charge is 0.349 e. The standard InChI is InChI=1S/C22H26BrN3O/c1-3-4-8-16(2)14-24-22(27)21-25-19-13-18(23)11-12-20(19)26(21)15-17-9-6-5-7-10-17/h5-7,9-13,16H,3-4,8,14-15H2,1-2H3,(H,24,27)/t16-/m0/s1. The molecule has 0 aliphatic heterocycles. The SMILES string of the molecule is CCCC[C@H](C)CNC(=O)c1nc2cc(Br)ccc2n1Cc1ccccc1. The van der Waals surface area contributed by atoms with Gasteiger partial charge in [0, 0.05) is 17.6 Å². The molecular formula is C22H26BrN3O. The highest BCUT2D eigenvalue weighted by molar-refractivity contribution is 9.10. The van der Waals surface area contributed by atoms with Crippen LogP contribution in [-0.4, -0.2) is 22.0 Å². The van der Waals surface area contributed by atoms with Crippen molar-refractivity contribution in [3.05, 3.63) is 64.4 Å². The first-order valence-electron chi connectivity index (χ1n) is 9.56. The minimum atomic E-state index is -0.110. The molecule has 0 unspecified atom stereocenters. The molecule has 1 N–H and O–H groups in total. The smallest absolute Gasteiger partial charge is 0.287 e. The van der Waals surface area contributed by atoms with E-state index in [1.165, 1.54) is 12.8 Å². The molecule has 0 saturated heterocycles. The average molecular weight is 428 g/mol. The molecule has 1 aromatic heterocycles. The summed E-state index contributed by atoms with van der Waals surface area (Å²) >= 11 is 3.49. The van der Waals surface area contributed by atoms with E-state index in [1.807, 2.05) is 41.0 Å².